The van der Waals surface area contributed by atoms with Gasteiger partial charge in [-0.25, -0.2) is 29.9 Å². The lowest BCUT2D eigenvalue weighted by molar-refractivity contribution is 0.0445. The van der Waals surface area contributed by atoms with Crippen LogP contribution in [0, 0.1) is 0 Å². The number of imide groups is 3. The van der Waals surface area contributed by atoms with Crippen LogP contribution in [0.3, 0.4) is 0 Å². The van der Waals surface area contributed by atoms with Gasteiger partial charge < -0.3 is 58.4 Å². The number of aromatic hydroxyl groups is 1. The van der Waals surface area contributed by atoms with Crippen molar-refractivity contribution in [1.82, 2.24) is 64.5 Å². The van der Waals surface area contributed by atoms with Crippen molar-refractivity contribution in [2.45, 2.75) is 185 Å². The Morgan fingerprint density at radius 2 is 0.676 bits per heavy atom. The lowest BCUT2D eigenvalue weighted by atomic mass is 9.91. The number of ether oxygens (including phenoxy) is 6. The summed E-state index contributed by atoms with van der Waals surface area (Å²) >= 11 is 6.76. The lowest BCUT2D eigenvalue weighted by Crippen LogP contribution is -2.43. The second-order valence-corrected chi connectivity index (χ2v) is 37.3. The van der Waals surface area contributed by atoms with Crippen LogP contribution in [0.5, 0.6) is 29.0 Å². The third-order valence-electron chi connectivity index (χ3n) is 24.8. The molecule has 4 aliphatic carbocycles. The summed E-state index contributed by atoms with van der Waals surface area (Å²) in [6.07, 6.45) is 33.7. The van der Waals surface area contributed by atoms with E-state index < -0.39 is 10.1 Å². The number of hydrogen-bond donors (Lipinski definition) is 3. The van der Waals surface area contributed by atoms with Gasteiger partial charge in [0.05, 0.1) is 113 Å². The molecule has 714 valence electrons. The van der Waals surface area contributed by atoms with Crippen LogP contribution in [-0.4, -0.2) is 239 Å². The number of nitrogens with zero attached hydrogens (tertiary/aromatic N) is 15. The lowest BCUT2D eigenvalue weighted by Gasteiger charge is -2.34. The van der Waals surface area contributed by atoms with E-state index in [1.807, 2.05) is 18.2 Å². The van der Waals surface area contributed by atoms with Crippen LogP contribution in [0.15, 0.2) is 198 Å². The molecule has 12 aromatic rings. The highest BCUT2D eigenvalue weighted by molar-refractivity contribution is 9.10. The largest absolute Gasteiger partial charge is 0.506 e. The van der Waals surface area contributed by atoms with Crippen molar-refractivity contribution in [3.05, 3.63) is 232 Å². The van der Waals surface area contributed by atoms with E-state index in [9.17, 15) is 47.4 Å². The van der Waals surface area contributed by atoms with Crippen LogP contribution >= 0.6 is 31.9 Å². The molecule has 11 heterocycles. The van der Waals surface area contributed by atoms with Gasteiger partial charge in [0.2, 0.25) is 0 Å². The number of rotatable bonds is 13. The zero-order chi connectivity index (χ0) is 93.2. The Kier molecular flexibility index (Phi) is 34.4. The highest BCUT2D eigenvalue weighted by Crippen LogP contribution is 2.41. The molecule has 7 aromatic carbocycles. The number of hydrogen-bond acceptors (Lipinski definition) is 30. The number of phenolic OH excluding ortho intramolecular Hbond substituents is 1. The Morgan fingerprint density at radius 1 is 0.368 bits per heavy atom. The first-order chi connectivity index (χ1) is 65.1. The van der Waals surface area contributed by atoms with Crippen LogP contribution in [0.4, 0.5) is 11.4 Å². The van der Waals surface area contributed by atoms with E-state index in [1.165, 1.54) is 46.4 Å². The average molecular weight is 2000 g/mol. The maximum atomic E-state index is 12.9. The fourth-order valence-corrected chi connectivity index (χ4v) is 19.3. The van der Waals surface area contributed by atoms with Gasteiger partial charge in [-0.1, -0.05) is 83.1 Å². The zero-order valence-corrected chi connectivity index (χ0v) is 78.0. The molecule has 0 spiro atoms. The second kappa shape index (κ2) is 47.0. The predicted octanol–water partition coefficient (Wildman–Crippen LogP) is 15.9. The minimum atomic E-state index is -3.50. The molecule has 10 aliphatic rings. The molecule has 0 atom stereocenters. The molecule has 136 heavy (non-hydrogen) atoms. The number of fused-ring (bicyclic) bond motifs is 7. The quantitative estimate of drug-likeness (QED) is 0.0713. The summed E-state index contributed by atoms with van der Waals surface area (Å²) in [7, 11) is -3.50. The molecular formula is C100H112Br2N16O17S. The van der Waals surface area contributed by atoms with Gasteiger partial charge in [-0.2, -0.15) is 8.42 Å². The summed E-state index contributed by atoms with van der Waals surface area (Å²) in [4.78, 5) is 126. The first-order valence-corrected chi connectivity index (χ1v) is 48.8. The van der Waals surface area contributed by atoms with Gasteiger partial charge in [0.1, 0.15) is 45.1 Å². The minimum absolute atomic E-state index is 0. The number of phenols is 1. The summed E-state index contributed by atoms with van der Waals surface area (Å²) in [6.45, 7) is 8.37. The van der Waals surface area contributed by atoms with Crippen molar-refractivity contribution in [2.75, 3.05) is 81.9 Å². The summed E-state index contributed by atoms with van der Waals surface area (Å²) < 4.78 is 62.1. The van der Waals surface area contributed by atoms with Crippen LogP contribution in [0.1, 0.15) is 199 Å². The number of benzene rings is 7. The van der Waals surface area contributed by atoms with Gasteiger partial charge in [-0.15, -0.1) is 0 Å². The van der Waals surface area contributed by atoms with Crippen molar-refractivity contribution < 1.29 is 80.0 Å². The number of carbonyl (C=O) groups excluding carboxylic acids is 6. The standard InChI is InChI=1S/C26H26N4O4.C22H18BrN3O3.C18H24N4O2.C14H15NO3.C8H5BrN2O.C5H6N2O3S.C5H10O.2CH4/c31-25-20-3-1-2-4-21(20)26(32)30(25)17-5-7-19(8-6-17)34-23-16-18(29-11-13-33-14-12-29)15-22-24(23)28-10-9-27-22;23-13-11-18-20(25-10-9-24-18)19(12-13)29-15-7-5-14(6-8-15)26-21(27)16-3-1-2-4-17(16)22(26)28;19-13-1-3-15(4-2-13)24-17-12-14(22-7-9-23-10-8-22)11-16-18(17)21-6-5-20-16;16-10-7-5-9(6-8-10)15-13(17)11-3-1-2-4-12(11)14(15)18;9-5-3-6-8(7(12)4-5)11-2-1-10-6;1-11(8,9)10-5-6-3-2-4-7-5;1-2-4-6-5-3-1;;/h1-4,9-10,15-17,19H,5-8,11-14H2;1-4,9-12,14-15H,5-8H2;5-6,11-13,15H,1-4,7-10,19H2;1-4,9-10,16H,5-8H2;1-4,12H;2-4H,1H3;1-5H2;2*1H4. The molecule has 6 amide bonds. The van der Waals surface area contributed by atoms with Gasteiger partial charge in [0, 0.05) is 158 Å². The Bertz CT molecular complexity index is 6180. The highest BCUT2D eigenvalue weighted by Gasteiger charge is 2.45. The molecule has 36 heteroatoms. The molecular weight excluding hydrogens is 1890 g/mol. The fourth-order valence-electron chi connectivity index (χ4n) is 18.0. The van der Waals surface area contributed by atoms with E-state index in [-0.39, 0.29) is 105 Å². The average Bonchev–Trinajstić information content (AvgIpc) is 1.78. The Morgan fingerprint density at radius 3 is 1.02 bits per heavy atom. The summed E-state index contributed by atoms with van der Waals surface area (Å²) in [5.74, 6) is 1.34. The van der Waals surface area contributed by atoms with Gasteiger partial charge >= 0.3 is 16.1 Å². The van der Waals surface area contributed by atoms with Gasteiger partial charge in [0.25, 0.3) is 35.4 Å². The van der Waals surface area contributed by atoms with Crippen LogP contribution in [0.25, 0.3) is 44.1 Å². The maximum absolute atomic E-state index is 12.9. The number of aromatic nitrogens is 10. The van der Waals surface area contributed by atoms with E-state index >= 15 is 0 Å². The van der Waals surface area contributed by atoms with Crippen molar-refractivity contribution in [2.24, 2.45) is 5.73 Å². The van der Waals surface area contributed by atoms with Gasteiger partial charge in [-0.3, -0.25) is 63.4 Å². The number of carbonyl (C=O) groups is 6. The SMILES string of the molecule is C.C.C1CCOCC1.CS(=O)(=O)Oc1ncccn1.NC1CCC(Oc2cc(N3CCOCC3)cc3nccnc23)CC1.O=C1c2ccccc2C(=O)N1C1CCC(O)CC1.O=C1c2ccccc2C(=O)N1C1CCC(Oc2cc(Br)cc3nccnc23)CC1.O=C1c2ccccc2C(=O)N1C1CCC(Oc2cc(N3CCOCC3)cc3nccnc23)CC1.Oc1cc(Br)cc2nccnc12. The van der Waals surface area contributed by atoms with E-state index in [0.29, 0.717) is 95.1 Å². The first kappa shape index (κ1) is 99.7. The highest BCUT2D eigenvalue weighted by atomic mass is 79.9. The predicted molar refractivity (Wildman–Crippen MR) is 520 cm³/mol. The van der Waals surface area contributed by atoms with Crippen molar-refractivity contribution in [3.8, 4) is 29.0 Å². The summed E-state index contributed by atoms with van der Waals surface area (Å²) in [5, 5.41) is 18.9. The number of aliphatic hydroxyl groups excluding tert-OH is 1. The van der Waals surface area contributed by atoms with Crippen molar-refractivity contribution in [3.63, 3.8) is 0 Å². The van der Waals surface area contributed by atoms with Crippen LogP contribution in [0.2, 0.25) is 0 Å². The number of morpholine rings is 2. The van der Waals surface area contributed by atoms with Gasteiger partial charge in [0.15, 0.2) is 0 Å². The number of nitrogens with two attached hydrogens (primary N) is 1. The number of anilines is 2. The molecule has 3 saturated heterocycles. The van der Waals surface area contributed by atoms with E-state index in [1.54, 1.807) is 135 Å². The molecule has 7 fully saturated rings. The van der Waals surface area contributed by atoms with E-state index in [0.717, 1.165) is 201 Å². The molecule has 22 rings (SSSR count). The number of halogens is 2. The molecule has 0 unspecified atom stereocenters. The molecule has 4 saturated carbocycles. The Hall–Kier alpha value is -12.3. The van der Waals surface area contributed by atoms with Crippen molar-refractivity contribution >= 4 is 133 Å². The molecule has 33 nitrogen and oxygen atoms in total. The molecule has 5 aromatic heterocycles. The maximum Gasteiger partial charge on any atom is 0.332 e. The number of aliphatic hydroxyl groups is 1. The second-order valence-electron chi connectivity index (χ2n) is 33.9. The third kappa shape index (κ3) is 24.7. The third-order valence-corrected chi connectivity index (χ3v) is 26.2. The van der Waals surface area contributed by atoms with Crippen LogP contribution < -0.4 is 33.9 Å². The Balaban J connectivity index is 0.000000133. The van der Waals surface area contributed by atoms with Gasteiger partial charge in [-0.05, 0) is 201 Å². The summed E-state index contributed by atoms with van der Waals surface area (Å²) in [5.41, 5.74) is 17.3. The zero-order valence-electron chi connectivity index (χ0n) is 74.0. The fraction of sp³-hybridized carbons (Fsp3) is 0.400. The van der Waals surface area contributed by atoms with E-state index in [2.05, 4.69) is 120 Å². The molecule has 4 N–H and O–H groups in total. The first-order valence-electron chi connectivity index (χ1n) is 45.4. The molecule has 6 aliphatic heterocycles. The summed E-state index contributed by atoms with van der Waals surface area (Å²) in [6, 6.07) is 38.1. The van der Waals surface area contributed by atoms with Crippen molar-refractivity contribution in [1.29, 1.82) is 0 Å². The van der Waals surface area contributed by atoms with E-state index in [4.69, 9.17) is 34.2 Å². The number of amides is 6. The molecule has 0 radical (unpaired) electrons. The topological polar surface area (TPSA) is 413 Å². The normalized spacial score (nSPS) is 21.2. The minimum Gasteiger partial charge on any atom is -0.506 e. The monoisotopic (exact) mass is 2000 g/mol. The smallest absolute Gasteiger partial charge is 0.332 e. The van der Waals surface area contributed by atoms with Crippen LogP contribution in [-0.2, 0) is 24.3 Å². The Labute approximate surface area is 806 Å². The molecule has 0 bridgehead atoms.